The van der Waals surface area contributed by atoms with Gasteiger partial charge in [-0.15, -0.1) is 0 Å². The largest absolute Gasteiger partial charge is 0.494 e. The summed E-state index contributed by atoms with van der Waals surface area (Å²) in [4.78, 5) is 0. The summed E-state index contributed by atoms with van der Waals surface area (Å²) >= 11 is 12.1. The molecule has 0 aliphatic carbocycles. The van der Waals surface area contributed by atoms with E-state index in [9.17, 15) is 0 Å². The molecule has 0 unspecified atom stereocenters. The summed E-state index contributed by atoms with van der Waals surface area (Å²) in [6.07, 6.45) is 1.74. The SMILES string of the molecule is CCOc1ccc(OCCCCOc2c(Cl)cccc2Cl)cc1. The van der Waals surface area contributed by atoms with Gasteiger partial charge in [0.1, 0.15) is 11.5 Å². The maximum absolute atomic E-state index is 6.04. The molecule has 2 aromatic rings. The maximum Gasteiger partial charge on any atom is 0.156 e. The van der Waals surface area contributed by atoms with E-state index in [1.54, 1.807) is 18.2 Å². The van der Waals surface area contributed by atoms with Gasteiger partial charge in [0.05, 0.1) is 29.9 Å². The Morgan fingerprint density at radius 1 is 0.739 bits per heavy atom. The highest BCUT2D eigenvalue weighted by Crippen LogP contribution is 2.32. The van der Waals surface area contributed by atoms with E-state index in [0.717, 1.165) is 24.3 Å². The minimum absolute atomic E-state index is 0.531. The van der Waals surface area contributed by atoms with Crippen molar-refractivity contribution in [1.82, 2.24) is 0 Å². The van der Waals surface area contributed by atoms with Crippen molar-refractivity contribution in [2.24, 2.45) is 0 Å². The average molecular weight is 355 g/mol. The molecule has 0 saturated carbocycles. The van der Waals surface area contributed by atoms with Gasteiger partial charge in [-0.25, -0.2) is 0 Å². The number of rotatable bonds is 9. The molecule has 0 aliphatic heterocycles. The van der Waals surface area contributed by atoms with Gasteiger partial charge < -0.3 is 14.2 Å². The van der Waals surface area contributed by atoms with E-state index in [1.807, 2.05) is 31.2 Å². The minimum atomic E-state index is 0.531. The molecule has 0 heterocycles. The van der Waals surface area contributed by atoms with E-state index < -0.39 is 0 Å². The molecule has 0 atom stereocenters. The van der Waals surface area contributed by atoms with E-state index in [2.05, 4.69) is 0 Å². The number of ether oxygens (including phenoxy) is 3. The molecule has 0 saturated heterocycles. The fraction of sp³-hybridized carbons (Fsp3) is 0.333. The standard InChI is InChI=1S/C18H20Cl2O3/c1-2-21-14-8-10-15(11-9-14)22-12-3-4-13-23-18-16(19)6-5-7-17(18)20/h5-11H,2-4,12-13H2,1H3. The van der Waals surface area contributed by atoms with Gasteiger partial charge in [-0.05, 0) is 56.2 Å². The van der Waals surface area contributed by atoms with Gasteiger partial charge in [-0.2, -0.15) is 0 Å². The molecule has 0 bridgehead atoms. The van der Waals surface area contributed by atoms with Crippen LogP contribution in [0.3, 0.4) is 0 Å². The summed E-state index contributed by atoms with van der Waals surface area (Å²) in [6.45, 7) is 3.81. The molecular formula is C18H20Cl2O3. The molecule has 0 fully saturated rings. The van der Waals surface area contributed by atoms with Crippen LogP contribution in [0, 0.1) is 0 Å². The van der Waals surface area contributed by atoms with Crippen LogP contribution in [0.15, 0.2) is 42.5 Å². The third-order valence-electron chi connectivity index (χ3n) is 3.11. The Hall–Kier alpha value is -1.58. The quantitative estimate of drug-likeness (QED) is 0.546. The van der Waals surface area contributed by atoms with Crippen LogP contribution in [0.1, 0.15) is 19.8 Å². The first kappa shape index (κ1) is 17.8. The van der Waals surface area contributed by atoms with Crippen LogP contribution < -0.4 is 14.2 Å². The molecule has 0 spiro atoms. The topological polar surface area (TPSA) is 27.7 Å². The summed E-state index contributed by atoms with van der Waals surface area (Å²) < 4.78 is 16.7. The van der Waals surface area contributed by atoms with Gasteiger partial charge in [0.25, 0.3) is 0 Å². The Morgan fingerprint density at radius 2 is 1.26 bits per heavy atom. The van der Waals surface area contributed by atoms with Crippen LogP contribution in [0.4, 0.5) is 0 Å². The summed E-state index contributed by atoms with van der Waals surface area (Å²) in [7, 11) is 0. The van der Waals surface area contributed by atoms with Gasteiger partial charge >= 0.3 is 0 Å². The predicted molar refractivity (Wildman–Crippen MR) is 94.3 cm³/mol. The Kier molecular flexibility index (Phi) is 7.37. The lowest BCUT2D eigenvalue weighted by atomic mass is 10.3. The zero-order valence-corrected chi connectivity index (χ0v) is 14.6. The Labute approximate surface area is 147 Å². The van der Waals surface area contributed by atoms with E-state index in [4.69, 9.17) is 37.4 Å². The molecular weight excluding hydrogens is 335 g/mol. The zero-order valence-electron chi connectivity index (χ0n) is 13.1. The molecule has 0 aromatic heterocycles. The summed E-state index contributed by atoms with van der Waals surface area (Å²) in [6, 6.07) is 12.9. The molecule has 2 rings (SSSR count). The van der Waals surface area contributed by atoms with Gasteiger partial charge in [0.2, 0.25) is 0 Å². The smallest absolute Gasteiger partial charge is 0.156 e. The second kappa shape index (κ2) is 9.53. The maximum atomic E-state index is 6.04. The van der Waals surface area contributed by atoms with E-state index in [0.29, 0.717) is 35.6 Å². The fourth-order valence-electron chi connectivity index (χ4n) is 1.99. The van der Waals surface area contributed by atoms with Gasteiger partial charge in [0.15, 0.2) is 5.75 Å². The summed E-state index contributed by atoms with van der Waals surface area (Å²) in [5, 5.41) is 1.06. The lowest BCUT2D eigenvalue weighted by Gasteiger charge is -2.10. The van der Waals surface area contributed by atoms with Crippen molar-refractivity contribution >= 4 is 23.2 Å². The van der Waals surface area contributed by atoms with Gasteiger partial charge in [0, 0.05) is 0 Å². The highest BCUT2D eigenvalue weighted by Gasteiger charge is 2.06. The van der Waals surface area contributed by atoms with Gasteiger partial charge in [-0.3, -0.25) is 0 Å². The fourth-order valence-corrected chi connectivity index (χ4v) is 2.49. The Bertz CT molecular complexity index is 579. The second-order valence-corrected chi connectivity index (χ2v) is 5.67. The molecule has 3 nitrogen and oxygen atoms in total. The highest BCUT2D eigenvalue weighted by molar-refractivity contribution is 6.37. The average Bonchev–Trinajstić information content (AvgIpc) is 2.55. The van der Waals surface area contributed by atoms with Crippen LogP contribution in [-0.4, -0.2) is 19.8 Å². The Balaban J connectivity index is 1.64. The number of unbranched alkanes of at least 4 members (excludes halogenated alkanes) is 1. The molecule has 0 N–H and O–H groups in total. The minimum Gasteiger partial charge on any atom is -0.494 e. The Morgan fingerprint density at radius 3 is 1.83 bits per heavy atom. The normalized spacial score (nSPS) is 10.4. The highest BCUT2D eigenvalue weighted by atomic mass is 35.5. The van der Waals surface area contributed by atoms with Crippen LogP contribution in [0.25, 0.3) is 0 Å². The van der Waals surface area contributed by atoms with Crippen molar-refractivity contribution in [1.29, 1.82) is 0 Å². The number of hydrogen-bond acceptors (Lipinski definition) is 3. The first-order valence-electron chi connectivity index (χ1n) is 7.63. The third kappa shape index (κ3) is 5.85. The molecule has 0 aliphatic rings. The first-order chi connectivity index (χ1) is 11.2. The van der Waals surface area contributed by atoms with Crippen molar-refractivity contribution in [3.8, 4) is 17.2 Å². The monoisotopic (exact) mass is 354 g/mol. The number of benzene rings is 2. The van der Waals surface area contributed by atoms with Crippen molar-refractivity contribution in [3.63, 3.8) is 0 Å². The number of hydrogen-bond donors (Lipinski definition) is 0. The van der Waals surface area contributed by atoms with Crippen molar-refractivity contribution in [2.75, 3.05) is 19.8 Å². The molecule has 0 radical (unpaired) electrons. The third-order valence-corrected chi connectivity index (χ3v) is 3.70. The summed E-state index contributed by atoms with van der Waals surface area (Å²) in [5.41, 5.74) is 0. The van der Waals surface area contributed by atoms with E-state index in [1.165, 1.54) is 0 Å². The summed E-state index contributed by atoms with van der Waals surface area (Å²) in [5.74, 6) is 2.23. The lowest BCUT2D eigenvalue weighted by molar-refractivity contribution is 0.266. The molecule has 124 valence electrons. The van der Waals surface area contributed by atoms with Gasteiger partial charge in [-0.1, -0.05) is 29.3 Å². The predicted octanol–water partition coefficient (Wildman–Crippen LogP) is 5.63. The van der Waals surface area contributed by atoms with Crippen molar-refractivity contribution < 1.29 is 14.2 Å². The molecule has 0 amide bonds. The first-order valence-corrected chi connectivity index (χ1v) is 8.38. The van der Waals surface area contributed by atoms with E-state index >= 15 is 0 Å². The van der Waals surface area contributed by atoms with Crippen LogP contribution in [0.2, 0.25) is 10.0 Å². The number of para-hydroxylation sites is 1. The molecule has 23 heavy (non-hydrogen) atoms. The van der Waals surface area contributed by atoms with Crippen molar-refractivity contribution in [3.05, 3.63) is 52.5 Å². The second-order valence-electron chi connectivity index (χ2n) is 4.86. The molecule has 2 aromatic carbocycles. The van der Waals surface area contributed by atoms with E-state index in [-0.39, 0.29) is 0 Å². The van der Waals surface area contributed by atoms with Crippen LogP contribution >= 0.6 is 23.2 Å². The number of halogens is 2. The zero-order chi connectivity index (χ0) is 16.5. The van der Waals surface area contributed by atoms with Crippen LogP contribution in [-0.2, 0) is 0 Å². The van der Waals surface area contributed by atoms with Crippen LogP contribution in [0.5, 0.6) is 17.2 Å². The van der Waals surface area contributed by atoms with Crippen molar-refractivity contribution in [2.45, 2.75) is 19.8 Å². The lowest BCUT2D eigenvalue weighted by Crippen LogP contribution is -2.03. The molecule has 5 heteroatoms.